The zero-order valence-electron chi connectivity index (χ0n) is 11.4. The van der Waals surface area contributed by atoms with E-state index in [1.165, 1.54) is 17.8 Å². The molecule has 104 valence electrons. The van der Waals surface area contributed by atoms with E-state index in [-0.39, 0.29) is 17.0 Å². The number of nitrogens with one attached hydrogen (secondary N) is 1. The van der Waals surface area contributed by atoms with Crippen molar-refractivity contribution in [3.63, 3.8) is 0 Å². The van der Waals surface area contributed by atoms with Gasteiger partial charge in [-0.1, -0.05) is 24.3 Å². The molecule has 0 heterocycles. The number of hydrogen-bond acceptors (Lipinski definition) is 2. The van der Waals surface area contributed by atoms with Crippen LogP contribution in [0.3, 0.4) is 0 Å². The Kier molecular flexibility index (Phi) is 4.79. The van der Waals surface area contributed by atoms with Gasteiger partial charge in [0.15, 0.2) is 0 Å². The van der Waals surface area contributed by atoms with E-state index < -0.39 is 0 Å². The van der Waals surface area contributed by atoms with E-state index in [4.69, 9.17) is 0 Å². The monoisotopic (exact) mass is 289 g/mol. The molecule has 0 saturated carbocycles. The summed E-state index contributed by atoms with van der Waals surface area (Å²) < 4.78 is 13.5. The van der Waals surface area contributed by atoms with Gasteiger partial charge in [-0.2, -0.15) is 0 Å². The minimum absolute atomic E-state index is 0.135. The molecule has 2 aromatic rings. The lowest BCUT2D eigenvalue weighted by Gasteiger charge is -2.12. The summed E-state index contributed by atoms with van der Waals surface area (Å²) in [5.41, 5.74) is 1.84. The normalized spacial score (nSPS) is 11.9. The summed E-state index contributed by atoms with van der Waals surface area (Å²) in [7, 11) is 0. The van der Waals surface area contributed by atoms with Crippen LogP contribution in [0.1, 0.15) is 12.5 Å². The molecule has 0 bridgehead atoms. The van der Waals surface area contributed by atoms with Crippen molar-refractivity contribution in [3.8, 4) is 0 Å². The third-order valence-corrected chi connectivity index (χ3v) is 3.95. The fourth-order valence-corrected chi connectivity index (χ4v) is 2.64. The molecule has 1 amide bonds. The van der Waals surface area contributed by atoms with E-state index in [1.807, 2.05) is 31.2 Å². The Labute approximate surface area is 122 Å². The van der Waals surface area contributed by atoms with Gasteiger partial charge in [0.2, 0.25) is 5.91 Å². The number of carbonyl (C=O) groups is 1. The zero-order chi connectivity index (χ0) is 14.5. The van der Waals surface area contributed by atoms with Crippen LogP contribution in [0, 0.1) is 12.7 Å². The first-order valence-corrected chi connectivity index (χ1v) is 7.23. The predicted octanol–water partition coefficient (Wildman–Crippen LogP) is 4.25. The first-order valence-electron chi connectivity index (χ1n) is 6.35. The van der Waals surface area contributed by atoms with Crippen LogP contribution in [0.2, 0.25) is 0 Å². The van der Waals surface area contributed by atoms with Crippen molar-refractivity contribution in [2.75, 3.05) is 5.32 Å². The molecule has 0 aliphatic rings. The molecule has 0 aliphatic carbocycles. The van der Waals surface area contributed by atoms with Crippen LogP contribution < -0.4 is 5.32 Å². The number of benzene rings is 2. The van der Waals surface area contributed by atoms with Crippen molar-refractivity contribution in [1.29, 1.82) is 0 Å². The Morgan fingerprint density at radius 2 is 1.95 bits per heavy atom. The van der Waals surface area contributed by atoms with Gasteiger partial charge in [0, 0.05) is 10.6 Å². The number of hydrogen-bond donors (Lipinski definition) is 1. The molecule has 0 fully saturated rings. The maximum Gasteiger partial charge on any atom is 0.237 e. The van der Waals surface area contributed by atoms with E-state index >= 15 is 0 Å². The van der Waals surface area contributed by atoms with Gasteiger partial charge in [-0.25, -0.2) is 4.39 Å². The van der Waals surface area contributed by atoms with Gasteiger partial charge in [0.1, 0.15) is 5.82 Å². The Hall–Kier alpha value is -1.81. The summed E-state index contributed by atoms with van der Waals surface area (Å²) in [5.74, 6) is -0.434. The van der Waals surface area contributed by atoms with E-state index in [0.29, 0.717) is 4.90 Å². The van der Waals surface area contributed by atoms with Gasteiger partial charge in [0.05, 0.1) is 5.25 Å². The Bertz CT molecular complexity index is 615. The molecular formula is C16H16FNOS. The molecule has 0 unspecified atom stereocenters. The molecule has 1 atom stereocenters. The molecular weight excluding hydrogens is 273 g/mol. The first-order chi connectivity index (χ1) is 9.56. The molecule has 0 aliphatic heterocycles. The lowest BCUT2D eigenvalue weighted by atomic mass is 10.2. The number of aryl methyl sites for hydroxylation is 1. The highest BCUT2D eigenvalue weighted by Crippen LogP contribution is 2.26. The molecule has 2 aromatic carbocycles. The molecule has 4 heteroatoms. The van der Waals surface area contributed by atoms with Crippen LogP contribution in [-0.2, 0) is 4.79 Å². The standard InChI is InChI=1S/C16H16FNOS/c1-11-6-5-7-13(10-11)18-16(19)12(2)20-15-9-4-3-8-14(15)17/h3-10,12H,1-2H3,(H,18,19)/t12-/m0/s1. The third-order valence-electron chi connectivity index (χ3n) is 2.80. The average molecular weight is 289 g/mol. The summed E-state index contributed by atoms with van der Waals surface area (Å²) in [4.78, 5) is 12.6. The zero-order valence-corrected chi connectivity index (χ0v) is 12.2. The molecule has 1 N–H and O–H groups in total. The van der Waals surface area contributed by atoms with Gasteiger partial charge in [0.25, 0.3) is 0 Å². The largest absolute Gasteiger partial charge is 0.325 e. The van der Waals surface area contributed by atoms with Crippen LogP contribution >= 0.6 is 11.8 Å². The van der Waals surface area contributed by atoms with Gasteiger partial charge in [-0.3, -0.25) is 4.79 Å². The predicted molar refractivity (Wildman–Crippen MR) is 81.5 cm³/mol. The molecule has 0 spiro atoms. The van der Waals surface area contributed by atoms with Gasteiger partial charge < -0.3 is 5.32 Å². The minimum atomic E-state index is -0.368. The van der Waals surface area contributed by atoms with Crippen LogP contribution in [0.5, 0.6) is 0 Å². The lowest BCUT2D eigenvalue weighted by molar-refractivity contribution is -0.115. The fourth-order valence-electron chi connectivity index (χ4n) is 1.75. The number of anilines is 1. The summed E-state index contributed by atoms with van der Waals surface area (Å²) >= 11 is 1.21. The van der Waals surface area contributed by atoms with Gasteiger partial charge in [-0.05, 0) is 43.7 Å². The second-order valence-electron chi connectivity index (χ2n) is 4.55. The van der Waals surface area contributed by atoms with Crippen molar-refractivity contribution in [3.05, 3.63) is 59.9 Å². The van der Waals surface area contributed by atoms with E-state index in [1.54, 1.807) is 25.1 Å². The molecule has 2 rings (SSSR count). The van der Waals surface area contributed by atoms with Crippen molar-refractivity contribution in [2.45, 2.75) is 24.0 Å². The van der Waals surface area contributed by atoms with Crippen molar-refractivity contribution in [2.24, 2.45) is 0 Å². The highest BCUT2D eigenvalue weighted by Gasteiger charge is 2.16. The van der Waals surface area contributed by atoms with E-state index in [9.17, 15) is 9.18 Å². The Balaban J connectivity index is 2.01. The fraction of sp³-hybridized carbons (Fsp3) is 0.188. The maximum absolute atomic E-state index is 13.5. The van der Waals surface area contributed by atoms with Crippen LogP contribution in [-0.4, -0.2) is 11.2 Å². The summed E-state index contributed by atoms with van der Waals surface area (Å²) in [6.07, 6.45) is 0. The van der Waals surface area contributed by atoms with Gasteiger partial charge >= 0.3 is 0 Å². The Morgan fingerprint density at radius 1 is 1.20 bits per heavy atom. The van der Waals surface area contributed by atoms with Crippen molar-refractivity contribution < 1.29 is 9.18 Å². The minimum Gasteiger partial charge on any atom is -0.325 e. The number of thioether (sulfide) groups is 1. The molecule has 2 nitrogen and oxygen atoms in total. The smallest absolute Gasteiger partial charge is 0.237 e. The van der Waals surface area contributed by atoms with Crippen molar-refractivity contribution in [1.82, 2.24) is 0 Å². The van der Waals surface area contributed by atoms with Gasteiger partial charge in [-0.15, -0.1) is 11.8 Å². The van der Waals surface area contributed by atoms with E-state index in [2.05, 4.69) is 5.32 Å². The summed E-state index contributed by atoms with van der Waals surface area (Å²) in [6.45, 7) is 3.73. The SMILES string of the molecule is Cc1cccc(NC(=O)[C@H](C)Sc2ccccc2F)c1. The van der Waals surface area contributed by atoms with Crippen LogP contribution in [0.25, 0.3) is 0 Å². The third kappa shape index (κ3) is 3.84. The summed E-state index contributed by atoms with van der Waals surface area (Å²) in [5, 5.41) is 2.47. The Morgan fingerprint density at radius 3 is 2.65 bits per heavy atom. The number of halogens is 1. The van der Waals surface area contributed by atoms with Crippen molar-refractivity contribution >= 4 is 23.4 Å². The topological polar surface area (TPSA) is 29.1 Å². The second-order valence-corrected chi connectivity index (χ2v) is 5.93. The molecule has 0 radical (unpaired) electrons. The van der Waals surface area contributed by atoms with E-state index in [0.717, 1.165) is 11.3 Å². The van der Waals surface area contributed by atoms with Crippen LogP contribution in [0.15, 0.2) is 53.4 Å². The number of rotatable bonds is 4. The number of amides is 1. The quantitative estimate of drug-likeness (QED) is 0.852. The first kappa shape index (κ1) is 14.6. The maximum atomic E-state index is 13.5. The van der Waals surface area contributed by atoms with Crippen LogP contribution in [0.4, 0.5) is 10.1 Å². The lowest BCUT2D eigenvalue weighted by Crippen LogP contribution is -2.22. The highest BCUT2D eigenvalue weighted by molar-refractivity contribution is 8.00. The highest BCUT2D eigenvalue weighted by atomic mass is 32.2. The second kappa shape index (κ2) is 6.57. The summed E-state index contributed by atoms with van der Waals surface area (Å²) in [6, 6.07) is 14.1. The number of carbonyl (C=O) groups excluding carboxylic acids is 1. The molecule has 0 saturated heterocycles. The molecule has 20 heavy (non-hydrogen) atoms. The average Bonchev–Trinajstić information content (AvgIpc) is 2.41. The molecule has 0 aromatic heterocycles.